The lowest BCUT2D eigenvalue weighted by atomic mass is 10.1. The smallest absolute Gasteiger partial charge is 0.164 e. The number of hydrazone groups is 1. The SMILES string of the molecule is NN=C(N)c1cn([C@@H]2O[C@@H](CO)[C@@H](O)[C@H]2O)c2ncnc(N)c12. The third-order valence-electron chi connectivity index (χ3n) is 3.85. The zero-order chi connectivity index (χ0) is 16.7. The normalized spacial score (nSPS) is 28.6. The van der Waals surface area contributed by atoms with Gasteiger partial charge in [-0.25, -0.2) is 9.97 Å². The molecular weight excluding hydrogens is 306 g/mol. The Morgan fingerprint density at radius 1 is 1.35 bits per heavy atom. The van der Waals surface area contributed by atoms with Crippen molar-refractivity contribution in [2.75, 3.05) is 12.3 Å². The molecule has 11 nitrogen and oxygen atoms in total. The van der Waals surface area contributed by atoms with Gasteiger partial charge in [0.05, 0.1) is 12.0 Å². The maximum atomic E-state index is 10.2. The summed E-state index contributed by atoms with van der Waals surface area (Å²) in [5.74, 6) is 5.38. The van der Waals surface area contributed by atoms with Gasteiger partial charge in [0, 0.05) is 11.8 Å². The van der Waals surface area contributed by atoms with Crippen LogP contribution in [0.1, 0.15) is 11.8 Å². The highest BCUT2D eigenvalue weighted by atomic mass is 16.6. The number of aromatic nitrogens is 3. The summed E-state index contributed by atoms with van der Waals surface area (Å²) >= 11 is 0. The number of aliphatic hydroxyl groups excluding tert-OH is 3. The van der Waals surface area contributed by atoms with Gasteiger partial charge in [0.15, 0.2) is 12.1 Å². The van der Waals surface area contributed by atoms with Gasteiger partial charge in [-0.2, -0.15) is 5.10 Å². The Morgan fingerprint density at radius 3 is 2.70 bits per heavy atom. The van der Waals surface area contributed by atoms with Crippen LogP contribution >= 0.6 is 0 Å². The molecule has 2 aromatic rings. The van der Waals surface area contributed by atoms with Crippen LogP contribution in [0.2, 0.25) is 0 Å². The standard InChI is InChI=1S/C12H17N7O4/c13-9(18-15)4-1-19(11-6(4)10(14)16-3-17-11)12-8(22)7(21)5(2-20)23-12/h1,3,5,7-8,12,20-22H,2,15H2,(H2,13,18)(H2,14,16,17)/t5-,7+,8+,12+/m0/s1. The third kappa shape index (κ3) is 2.26. The van der Waals surface area contributed by atoms with Gasteiger partial charge < -0.3 is 41.9 Å². The maximum absolute atomic E-state index is 10.2. The second-order valence-corrected chi connectivity index (χ2v) is 5.15. The third-order valence-corrected chi connectivity index (χ3v) is 3.85. The van der Waals surface area contributed by atoms with Gasteiger partial charge >= 0.3 is 0 Å². The number of nitrogens with two attached hydrogens (primary N) is 3. The summed E-state index contributed by atoms with van der Waals surface area (Å²) in [6, 6.07) is 0. The fraction of sp³-hybridized carbons (Fsp3) is 0.417. The van der Waals surface area contributed by atoms with E-state index in [0.29, 0.717) is 16.6 Å². The first-order valence-electron chi connectivity index (χ1n) is 6.76. The molecule has 0 bridgehead atoms. The first kappa shape index (κ1) is 15.4. The van der Waals surface area contributed by atoms with Crippen molar-refractivity contribution in [3.8, 4) is 0 Å². The van der Waals surface area contributed by atoms with E-state index in [4.69, 9.17) is 22.0 Å². The zero-order valence-corrected chi connectivity index (χ0v) is 11.9. The molecule has 3 rings (SSSR count). The number of aliphatic hydroxyl groups is 3. The Labute approximate surface area is 130 Å². The largest absolute Gasteiger partial charge is 0.394 e. The molecule has 1 aliphatic heterocycles. The summed E-state index contributed by atoms with van der Waals surface area (Å²) in [6.45, 7) is -0.440. The number of rotatable bonds is 3. The fourth-order valence-electron chi connectivity index (χ4n) is 2.68. The van der Waals surface area contributed by atoms with Crippen molar-refractivity contribution >= 4 is 22.7 Å². The molecule has 0 amide bonds. The summed E-state index contributed by atoms with van der Waals surface area (Å²) in [7, 11) is 0. The van der Waals surface area contributed by atoms with Gasteiger partial charge in [0.2, 0.25) is 0 Å². The summed E-state index contributed by atoms with van der Waals surface area (Å²) in [6.07, 6.45) is -1.68. The lowest BCUT2D eigenvalue weighted by Gasteiger charge is -2.17. The van der Waals surface area contributed by atoms with Gasteiger partial charge in [-0.1, -0.05) is 0 Å². The molecule has 23 heavy (non-hydrogen) atoms. The molecule has 2 aromatic heterocycles. The number of ether oxygens (including phenoxy) is 1. The van der Waals surface area contributed by atoms with E-state index in [1.54, 1.807) is 0 Å². The van der Waals surface area contributed by atoms with E-state index in [-0.39, 0.29) is 11.7 Å². The fourth-order valence-corrected chi connectivity index (χ4v) is 2.68. The molecule has 0 aromatic carbocycles. The van der Waals surface area contributed by atoms with Crippen molar-refractivity contribution in [2.45, 2.75) is 24.5 Å². The molecule has 4 atom stereocenters. The van der Waals surface area contributed by atoms with Crippen molar-refractivity contribution < 1.29 is 20.1 Å². The summed E-state index contributed by atoms with van der Waals surface area (Å²) in [4.78, 5) is 8.02. The number of fused-ring (bicyclic) bond motifs is 1. The Hall–Kier alpha value is -2.47. The zero-order valence-electron chi connectivity index (χ0n) is 11.9. The number of nitrogens with zero attached hydrogens (tertiary/aromatic N) is 4. The molecule has 1 aliphatic rings. The van der Waals surface area contributed by atoms with E-state index < -0.39 is 31.1 Å². The first-order valence-corrected chi connectivity index (χ1v) is 6.76. The molecule has 0 aliphatic carbocycles. The molecule has 124 valence electrons. The molecular formula is C12H17N7O4. The van der Waals surface area contributed by atoms with Crippen LogP contribution in [0, 0.1) is 0 Å². The molecule has 1 fully saturated rings. The number of hydrogen-bond acceptors (Lipinski definition) is 9. The summed E-state index contributed by atoms with van der Waals surface area (Å²) in [5, 5.41) is 33.1. The molecule has 0 unspecified atom stereocenters. The monoisotopic (exact) mass is 323 g/mol. The van der Waals surface area contributed by atoms with Gasteiger partial charge in [0.25, 0.3) is 0 Å². The van der Waals surface area contributed by atoms with E-state index in [0.717, 1.165) is 0 Å². The van der Waals surface area contributed by atoms with Gasteiger partial charge in [0.1, 0.15) is 36.1 Å². The lowest BCUT2D eigenvalue weighted by molar-refractivity contribution is -0.0508. The Bertz CT molecular complexity index is 761. The van der Waals surface area contributed by atoms with E-state index in [1.165, 1.54) is 17.1 Å². The van der Waals surface area contributed by atoms with Crippen LogP contribution < -0.4 is 17.3 Å². The highest BCUT2D eigenvalue weighted by Gasteiger charge is 2.44. The molecule has 9 N–H and O–H groups in total. The molecule has 11 heteroatoms. The highest BCUT2D eigenvalue weighted by molar-refractivity contribution is 6.11. The Morgan fingerprint density at radius 2 is 2.09 bits per heavy atom. The van der Waals surface area contributed by atoms with Crippen LogP contribution in [0.4, 0.5) is 5.82 Å². The van der Waals surface area contributed by atoms with Crippen molar-refractivity contribution in [3.05, 3.63) is 18.1 Å². The summed E-state index contributed by atoms with van der Waals surface area (Å²) < 4.78 is 6.94. The number of amidine groups is 1. The van der Waals surface area contributed by atoms with Crippen LogP contribution in [0.15, 0.2) is 17.6 Å². The minimum atomic E-state index is -1.28. The Balaban J connectivity index is 2.18. The minimum absolute atomic E-state index is 0.00185. The molecule has 3 heterocycles. The predicted molar refractivity (Wildman–Crippen MR) is 79.9 cm³/mol. The second-order valence-electron chi connectivity index (χ2n) is 5.15. The van der Waals surface area contributed by atoms with Crippen molar-refractivity contribution in [3.63, 3.8) is 0 Å². The van der Waals surface area contributed by atoms with Gasteiger partial charge in [-0.3, -0.25) is 0 Å². The van der Waals surface area contributed by atoms with Gasteiger partial charge in [-0.15, -0.1) is 0 Å². The lowest BCUT2D eigenvalue weighted by Crippen LogP contribution is -2.33. The van der Waals surface area contributed by atoms with Crippen LogP contribution in [0.25, 0.3) is 11.0 Å². The van der Waals surface area contributed by atoms with Crippen LogP contribution in [-0.4, -0.2) is 60.6 Å². The maximum Gasteiger partial charge on any atom is 0.164 e. The summed E-state index contributed by atoms with van der Waals surface area (Å²) in [5.41, 5.74) is 12.3. The van der Waals surface area contributed by atoms with E-state index >= 15 is 0 Å². The predicted octanol–water partition coefficient (Wildman–Crippen LogP) is -2.80. The van der Waals surface area contributed by atoms with E-state index in [9.17, 15) is 15.3 Å². The second kappa shape index (κ2) is 5.62. The van der Waals surface area contributed by atoms with Crippen molar-refractivity contribution in [1.82, 2.24) is 14.5 Å². The number of nitrogen functional groups attached to an aromatic ring is 1. The average Bonchev–Trinajstić information content (AvgIpc) is 3.07. The first-order chi connectivity index (χ1) is 11.0. The molecule has 0 radical (unpaired) electrons. The van der Waals surface area contributed by atoms with Crippen LogP contribution in [0.3, 0.4) is 0 Å². The van der Waals surface area contributed by atoms with Crippen LogP contribution in [-0.2, 0) is 4.74 Å². The molecule has 0 saturated carbocycles. The average molecular weight is 323 g/mol. The topological polar surface area (TPSA) is 191 Å². The van der Waals surface area contributed by atoms with Crippen molar-refractivity contribution in [2.24, 2.45) is 16.7 Å². The number of anilines is 1. The highest BCUT2D eigenvalue weighted by Crippen LogP contribution is 2.34. The number of hydrogen-bond donors (Lipinski definition) is 6. The van der Waals surface area contributed by atoms with E-state index in [1.807, 2.05) is 0 Å². The molecule has 1 saturated heterocycles. The van der Waals surface area contributed by atoms with Crippen molar-refractivity contribution in [1.29, 1.82) is 0 Å². The quantitative estimate of drug-likeness (QED) is 0.150. The van der Waals surface area contributed by atoms with Gasteiger partial charge in [-0.05, 0) is 0 Å². The molecule has 0 spiro atoms. The van der Waals surface area contributed by atoms with Crippen LogP contribution in [0.5, 0.6) is 0 Å². The van der Waals surface area contributed by atoms with E-state index in [2.05, 4.69) is 15.1 Å². The Kier molecular flexibility index (Phi) is 3.77. The minimum Gasteiger partial charge on any atom is -0.394 e.